The van der Waals surface area contributed by atoms with Gasteiger partial charge >= 0.3 is 0 Å². The summed E-state index contributed by atoms with van der Waals surface area (Å²) in [5, 5.41) is 7.04. The molecule has 0 amide bonds. The second-order valence-electron chi connectivity index (χ2n) is 3.85. The van der Waals surface area contributed by atoms with Crippen LogP contribution in [0.3, 0.4) is 0 Å². The Morgan fingerprint density at radius 2 is 2.06 bits per heavy atom. The van der Waals surface area contributed by atoms with Gasteiger partial charge in [-0.1, -0.05) is 5.16 Å². The largest absolute Gasteiger partial charge is 0.497 e. The van der Waals surface area contributed by atoms with Crippen molar-refractivity contribution >= 4 is 5.82 Å². The molecule has 18 heavy (non-hydrogen) atoms. The van der Waals surface area contributed by atoms with Gasteiger partial charge in [-0.15, -0.1) is 0 Å². The number of aromatic nitrogens is 1. The number of hydrogen-bond donors (Lipinski definition) is 1. The number of aryl methyl sites for hydroxylation is 1. The van der Waals surface area contributed by atoms with E-state index in [1.165, 1.54) is 0 Å². The summed E-state index contributed by atoms with van der Waals surface area (Å²) in [6.45, 7) is 2.44. The highest BCUT2D eigenvalue weighted by Gasteiger charge is 2.06. The van der Waals surface area contributed by atoms with Gasteiger partial charge in [0.2, 0.25) is 0 Å². The van der Waals surface area contributed by atoms with Crippen molar-refractivity contribution in [1.82, 2.24) is 5.16 Å². The Labute approximate surface area is 106 Å². The molecule has 0 unspecified atom stereocenters. The molecule has 0 aliphatic rings. The van der Waals surface area contributed by atoms with E-state index in [-0.39, 0.29) is 0 Å². The quantitative estimate of drug-likeness (QED) is 0.881. The van der Waals surface area contributed by atoms with Gasteiger partial charge in [0.1, 0.15) is 17.3 Å². The molecule has 0 atom stereocenters. The van der Waals surface area contributed by atoms with Crippen LogP contribution in [0.15, 0.2) is 28.8 Å². The number of nitrogens with zero attached hydrogens (tertiary/aromatic N) is 1. The summed E-state index contributed by atoms with van der Waals surface area (Å²) in [5.74, 6) is 3.08. The summed E-state index contributed by atoms with van der Waals surface area (Å²) in [6, 6.07) is 7.51. The van der Waals surface area contributed by atoms with Gasteiger partial charge < -0.3 is 19.3 Å². The lowest BCUT2D eigenvalue weighted by Crippen LogP contribution is -2.02. The number of methoxy groups -OCH3 is 2. The zero-order chi connectivity index (χ0) is 13.0. The maximum Gasteiger partial charge on any atom is 0.169 e. The first-order chi connectivity index (χ1) is 8.72. The number of hydrogen-bond acceptors (Lipinski definition) is 5. The molecule has 0 spiro atoms. The third kappa shape index (κ3) is 2.74. The Kier molecular flexibility index (Phi) is 3.72. The van der Waals surface area contributed by atoms with Crippen molar-refractivity contribution in [3.8, 4) is 11.5 Å². The zero-order valence-corrected chi connectivity index (χ0v) is 10.7. The second kappa shape index (κ2) is 5.44. The van der Waals surface area contributed by atoms with E-state index in [0.29, 0.717) is 12.4 Å². The van der Waals surface area contributed by atoms with Crippen molar-refractivity contribution in [1.29, 1.82) is 0 Å². The summed E-state index contributed by atoms with van der Waals surface area (Å²) in [4.78, 5) is 0. The van der Waals surface area contributed by atoms with Crippen LogP contribution in [-0.4, -0.2) is 19.4 Å². The molecule has 96 valence electrons. The fraction of sp³-hybridized carbons (Fsp3) is 0.308. The number of anilines is 1. The van der Waals surface area contributed by atoms with E-state index >= 15 is 0 Å². The fourth-order valence-corrected chi connectivity index (χ4v) is 1.66. The van der Waals surface area contributed by atoms with Crippen molar-refractivity contribution in [2.45, 2.75) is 13.5 Å². The maximum absolute atomic E-state index is 5.30. The van der Waals surface area contributed by atoms with Gasteiger partial charge in [0.05, 0.1) is 14.2 Å². The van der Waals surface area contributed by atoms with Crippen LogP contribution in [0.5, 0.6) is 11.5 Å². The average Bonchev–Trinajstić information content (AvgIpc) is 2.81. The molecule has 1 aromatic heterocycles. The minimum atomic E-state index is 0.590. The first kappa shape index (κ1) is 12.3. The van der Waals surface area contributed by atoms with Crippen molar-refractivity contribution in [3.63, 3.8) is 0 Å². The maximum atomic E-state index is 5.30. The Bertz CT molecular complexity index is 523. The van der Waals surface area contributed by atoms with Gasteiger partial charge in [0.25, 0.3) is 0 Å². The molecule has 2 aromatic rings. The molecule has 0 bridgehead atoms. The number of nitrogens with one attached hydrogen (secondary N) is 1. The average molecular weight is 248 g/mol. The molecule has 0 aliphatic carbocycles. The van der Waals surface area contributed by atoms with Crippen LogP contribution in [0.1, 0.15) is 11.3 Å². The van der Waals surface area contributed by atoms with E-state index in [2.05, 4.69) is 10.5 Å². The van der Waals surface area contributed by atoms with E-state index in [1.54, 1.807) is 14.2 Å². The third-order valence-electron chi connectivity index (χ3n) is 2.58. The van der Waals surface area contributed by atoms with Gasteiger partial charge in [-0.2, -0.15) is 0 Å². The molecule has 5 heteroatoms. The summed E-state index contributed by atoms with van der Waals surface area (Å²) >= 11 is 0. The standard InChI is InChI=1S/C13H16N2O3/c1-9-6-13(15-18-9)14-8-10-7-11(16-2)4-5-12(10)17-3/h4-7H,8H2,1-3H3,(H,14,15). The summed E-state index contributed by atoms with van der Waals surface area (Å²) < 4.78 is 15.5. The van der Waals surface area contributed by atoms with Crippen LogP contribution in [-0.2, 0) is 6.54 Å². The Morgan fingerprint density at radius 1 is 1.22 bits per heavy atom. The van der Waals surface area contributed by atoms with Crippen molar-refractivity contribution in [2.24, 2.45) is 0 Å². The van der Waals surface area contributed by atoms with Crippen LogP contribution in [0.2, 0.25) is 0 Å². The molecule has 0 aliphatic heterocycles. The zero-order valence-electron chi connectivity index (χ0n) is 10.7. The Balaban J connectivity index is 2.11. The molecule has 0 saturated carbocycles. The first-order valence-corrected chi connectivity index (χ1v) is 5.61. The summed E-state index contributed by atoms with van der Waals surface area (Å²) in [5.41, 5.74) is 0.998. The first-order valence-electron chi connectivity index (χ1n) is 5.61. The normalized spacial score (nSPS) is 10.2. The fourth-order valence-electron chi connectivity index (χ4n) is 1.66. The SMILES string of the molecule is COc1ccc(OC)c(CNc2cc(C)on2)c1. The molecule has 0 saturated heterocycles. The number of rotatable bonds is 5. The van der Waals surface area contributed by atoms with Crippen molar-refractivity contribution in [3.05, 3.63) is 35.6 Å². The van der Waals surface area contributed by atoms with Crippen LogP contribution in [0.4, 0.5) is 5.82 Å². The molecule has 2 rings (SSSR count). The predicted octanol–water partition coefficient (Wildman–Crippen LogP) is 2.61. The van der Waals surface area contributed by atoms with Gasteiger partial charge in [0.15, 0.2) is 5.82 Å². The lowest BCUT2D eigenvalue weighted by atomic mass is 10.2. The van der Waals surface area contributed by atoms with Crippen LogP contribution in [0.25, 0.3) is 0 Å². The van der Waals surface area contributed by atoms with Crippen molar-refractivity contribution in [2.75, 3.05) is 19.5 Å². The van der Waals surface area contributed by atoms with E-state index in [1.807, 2.05) is 31.2 Å². The van der Waals surface area contributed by atoms with Crippen molar-refractivity contribution < 1.29 is 14.0 Å². The smallest absolute Gasteiger partial charge is 0.169 e. The minimum Gasteiger partial charge on any atom is -0.497 e. The lowest BCUT2D eigenvalue weighted by molar-refractivity contribution is 0.397. The molecule has 1 aromatic carbocycles. The monoisotopic (exact) mass is 248 g/mol. The van der Waals surface area contributed by atoms with E-state index in [4.69, 9.17) is 14.0 Å². The molecule has 1 heterocycles. The third-order valence-corrected chi connectivity index (χ3v) is 2.58. The van der Waals surface area contributed by atoms with Gasteiger partial charge in [0, 0.05) is 18.2 Å². The minimum absolute atomic E-state index is 0.590. The molecule has 5 nitrogen and oxygen atoms in total. The molecular formula is C13H16N2O3. The Morgan fingerprint density at radius 3 is 2.67 bits per heavy atom. The lowest BCUT2D eigenvalue weighted by Gasteiger charge is -2.10. The van der Waals surface area contributed by atoms with Crippen LogP contribution >= 0.6 is 0 Å². The van der Waals surface area contributed by atoms with E-state index < -0.39 is 0 Å². The summed E-state index contributed by atoms with van der Waals surface area (Å²) in [6.07, 6.45) is 0. The van der Waals surface area contributed by atoms with E-state index in [9.17, 15) is 0 Å². The summed E-state index contributed by atoms with van der Waals surface area (Å²) in [7, 11) is 3.28. The van der Waals surface area contributed by atoms with Gasteiger partial charge in [-0.25, -0.2) is 0 Å². The number of ether oxygens (including phenoxy) is 2. The molecular weight excluding hydrogens is 232 g/mol. The highest BCUT2D eigenvalue weighted by Crippen LogP contribution is 2.24. The number of benzene rings is 1. The van der Waals surface area contributed by atoms with Crippen LogP contribution in [0, 0.1) is 6.92 Å². The topological polar surface area (TPSA) is 56.5 Å². The van der Waals surface area contributed by atoms with Gasteiger partial charge in [-0.05, 0) is 25.1 Å². The van der Waals surface area contributed by atoms with Gasteiger partial charge in [-0.3, -0.25) is 0 Å². The molecule has 0 radical (unpaired) electrons. The van der Waals surface area contributed by atoms with Crippen LogP contribution < -0.4 is 14.8 Å². The second-order valence-corrected chi connectivity index (χ2v) is 3.85. The highest BCUT2D eigenvalue weighted by molar-refractivity contribution is 5.43. The Hall–Kier alpha value is -2.17. The predicted molar refractivity (Wildman–Crippen MR) is 68.1 cm³/mol. The molecule has 1 N–H and O–H groups in total. The van der Waals surface area contributed by atoms with E-state index in [0.717, 1.165) is 22.8 Å². The molecule has 0 fully saturated rings. The highest BCUT2D eigenvalue weighted by atomic mass is 16.5.